The number of aryl methyl sites for hydroxylation is 3. The van der Waals surface area contributed by atoms with E-state index >= 15 is 0 Å². The van der Waals surface area contributed by atoms with Crippen molar-refractivity contribution in [3.63, 3.8) is 0 Å². The lowest BCUT2D eigenvalue weighted by atomic mass is 9.99. The molecule has 3 rings (SSSR count). The first-order chi connectivity index (χ1) is 11.5. The van der Waals surface area contributed by atoms with Crippen molar-refractivity contribution < 1.29 is 4.79 Å². The van der Waals surface area contributed by atoms with E-state index < -0.39 is 0 Å². The fourth-order valence-corrected chi connectivity index (χ4v) is 3.13. The third-order valence-electron chi connectivity index (χ3n) is 4.53. The van der Waals surface area contributed by atoms with Crippen LogP contribution >= 0.6 is 0 Å². The molecule has 24 heavy (non-hydrogen) atoms. The van der Waals surface area contributed by atoms with Crippen LogP contribution in [0.25, 0.3) is 6.08 Å². The van der Waals surface area contributed by atoms with E-state index in [1.54, 1.807) is 6.08 Å². The highest BCUT2D eigenvalue weighted by atomic mass is 16.1. The average molecular weight is 320 g/mol. The first kappa shape index (κ1) is 16.3. The van der Waals surface area contributed by atoms with Gasteiger partial charge in [-0.2, -0.15) is 0 Å². The molecular formula is C21H24N2O. The molecule has 0 saturated carbocycles. The third kappa shape index (κ3) is 3.67. The number of nitrogens with zero attached hydrogens (tertiary/aromatic N) is 1. The number of benzene rings is 2. The maximum absolute atomic E-state index is 12.2. The molecule has 0 aliphatic carbocycles. The molecule has 1 aliphatic heterocycles. The fourth-order valence-electron chi connectivity index (χ4n) is 3.13. The summed E-state index contributed by atoms with van der Waals surface area (Å²) in [7, 11) is 2.13. The van der Waals surface area contributed by atoms with E-state index in [1.165, 1.54) is 17.7 Å². The van der Waals surface area contributed by atoms with E-state index in [0.29, 0.717) is 0 Å². The zero-order valence-electron chi connectivity index (χ0n) is 14.6. The van der Waals surface area contributed by atoms with Gasteiger partial charge in [-0.1, -0.05) is 18.2 Å². The summed E-state index contributed by atoms with van der Waals surface area (Å²) < 4.78 is 0. The lowest BCUT2D eigenvalue weighted by Gasteiger charge is -2.27. The lowest BCUT2D eigenvalue weighted by molar-refractivity contribution is -0.111. The van der Waals surface area contributed by atoms with Crippen LogP contribution in [0.2, 0.25) is 0 Å². The number of amides is 1. The Kier molecular flexibility index (Phi) is 4.70. The van der Waals surface area contributed by atoms with Gasteiger partial charge in [0.1, 0.15) is 0 Å². The summed E-state index contributed by atoms with van der Waals surface area (Å²) in [6.45, 7) is 5.13. The van der Waals surface area contributed by atoms with Crippen molar-refractivity contribution in [2.75, 3.05) is 23.8 Å². The summed E-state index contributed by atoms with van der Waals surface area (Å²) in [6, 6.07) is 12.5. The van der Waals surface area contributed by atoms with Gasteiger partial charge in [-0.05, 0) is 73.2 Å². The van der Waals surface area contributed by atoms with E-state index in [1.807, 2.05) is 38.1 Å². The molecule has 0 radical (unpaired) electrons. The topological polar surface area (TPSA) is 32.3 Å². The Morgan fingerprint density at radius 2 is 2.00 bits per heavy atom. The van der Waals surface area contributed by atoms with Gasteiger partial charge in [0.2, 0.25) is 5.91 Å². The largest absolute Gasteiger partial charge is 0.374 e. The van der Waals surface area contributed by atoms with Crippen LogP contribution in [0.4, 0.5) is 11.4 Å². The average Bonchev–Trinajstić information content (AvgIpc) is 2.56. The van der Waals surface area contributed by atoms with Gasteiger partial charge in [0, 0.05) is 31.0 Å². The Bertz CT molecular complexity index is 792. The minimum absolute atomic E-state index is 0.0986. The van der Waals surface area contributed by atoms with Crippen molar-refractivity contribution in [2.24, 2.45) is 0 Å². The summed E-state index contributed by atoms with van der Waals surface area (Å²) in [5.74, 6) is -0.0986. The normalized spacial score (nSPS) is 13.9. The Labute approximate surface area is 144 Å². The number of hydrogen-bond donors (Lipinski definition) is 1. The zero-order chi connectivity index (χ0) is 17.1. The Balaban J connectivity index is 1.71. The van der Waals surface area contributed by atoms with Crippen LogP contribution in [0.3, 0.4) is 0 Å². The van der Waals surface area contributed by atoms with Crippen LogP contribution in [0.15, 0.2) is 42.5 Å². The Hall–Kier alpha value is -2.55. The first-order valence-electron chi connectivity index (χ1n) is 8.43. The number of fused-ring (bicyclic) bond motifs is 1. The molecule has 1 heterocycles. The highest BCUT2D eigenvalue weighted by Crippen LogP contribution is 2.27. The predicted molar refractivity (Wildman–Crippen MR) is 102 cm³/mol. The quantitative estimate of drug-likeness (QED) is 0.853. The molecule has 0 aromatic heterocycles. The van der Waals surface area contributed by atoms with Crippen LogP contribution in [-0.4, -0.2) is 19.5 Å². The molecule has 124 valence electrons. The summed E-state index contributed by atoms with van der Waals surface area (Å²) in [5.41, 5.74) is 6.81. The number of hydrogen-bond acceptors (Lipinski definition) is 2. The third-order valence-corrected chi connectivity index (χ3v) is 4.53. The molecule has 0 bridgehead atoms. The maximum atomic E-state index is 12.2. The molecule has 0 unspecified atom stereocenters. The van der Waals surface area contributed by atoms with Gasteiger partial charge in [0.25, 0.3) is 0 Å². The van der Waals surface area contributed by atoms with Crippen LogP contribution < -0.4 is 10.2 Å². The lowest BCUT2D eigenvalue weighted by Crippen LogP contribution is -2.24. The minimum Gasteiger partial charge on any atom is -0.374 e. The van der Waals surface area contributed by atoms with Crippen molar-refractivity contribution in [3.05, 3.63) is 64.7 Å². The number of nitrogens with one attached hydrogen (secondary N) is 1. The molecule has 0 spiro atoms. The van der Waals surface area contributed by atoms with Gasteiger partial charge >= 0.3 is 0 Å². The number of carbonyl (C=O) groups excluding carboxylic acids is 1. The van der Waals surface area contributed by atoms with Gasteiger partial charge in [-0.15, -0.1) is 0 Å². The summed E-state index contributed by atoms with van der Waals surface area (Å²) >= 11 is 0. The fraction of sp³-hybridized carbons (Fsp3) is 0.286. The van der Waals surface area contributed by atoms with Gasteiger partial charge in [0.05, 0.1) is 0 Å². The number of carbonyl (C=O) groups is 1. The van der Waals surface area contributed by atoms with E-state index in [9.17, 15) is 4.79 Å². The predicted octanol–water partition coefficient (Wildman–Crippen LogP) is 4.34. The van der Waals surface area contributed by atoms with Gasteiger partial charge in [0.15, 0.2) is 0 Å². The minimum atomic E-state index is -0.0986. The Morgan fingerprint density at radius 3 is 2.83 bits per heavy atom. The Morgan fingerprint density at radius 1 is 1.17 bits per heavy atom. The standard InChI is InChI=1S/C21H24N2O/c1-15-6-7-16(2)19(13-15)22-21(24)11-9-17-8-10-20-18(14-17)5-4-12-23(20)3/h6-11,13-14H,4-5,12H2,1-3H3,(H,22,24)/b11-9+. The zero-order valence-corrected chi connectivity index (χ0v) is 14.6. The van der Waals surface area contributed by atoms with E-state index in [0.717, 1.165) is 35.3 Å². The molecule has 0 saturated heterocycles. The SMILES string of the molecule is Cc1ccc(C)c(NC(=O)/C=C/c2ccc3c(c2)CCCN3C)c1. The molecule has 2 aromatic carbocycles. The summed E-state index contributed by atoms with van der Waals surface area (Å²) in [4.78, 5) is 14.5. The van der Waals surface area contributed by atoms with Crippen molar-refractivity contribution in [1.82, 2.24) is 0 Å². The van der Waals surface area contributed by atoms with Crippen LogP contribution in [0, 0.1) is 13.8 Å². The molecule has 3 heteroatoms. The number of anilines is 2. The van der Waals surface area contributed by atoms with E-state index in [-0.39, 0.29) is 5.91 Å². The van der Waals surface area contributed by atoms with Crippen molar-refractivity contribution in [2.45, 2.75) is 26.7 Å². The second kappa shape index (κ2) is 6.91. The van der Waals surface area contributed by atoms with Gasteiger partial charge in [-0.25, -0.2) is 0 Å². The first-order valence-corrected chi connectivity index (χ1v) is 8.43. The monoisotopic (exact) mass is 320 g/mol. The second-order valence-electron chi connectivity index (χ2n) is 6.55. The van der Waals surface area contributed by atoms with Crippen molar-refractivity contribution in [3.8, 4) is 0 Å². The highest BCUT2D eigenvalue weighted by molar-refractivity contribution is 6.02. The molecular weight excluding hydrogens is 296 g/mol. The van der Waals surface area contributed by atoms with Gasteiger partial charge in [-0.3, -0.25) is 4.79 Å². The van der Waals surface area contributed by atoms with Crippen LogP contribution in [-0.2, 0) is 11.2 Å². The summed E-state index contributed by atoms with van der Waals surface area (Å²) in [6.07, 6.45) is 5.78. The molecule has 0 atom stereocenters. The second-order valence-corrected chi connectivity index (χ2v) is 6.55. The maximum Gasteiger partial charge on any atom is 0.248 e. The van der Waals surface area contributed by atoms with E-state index in [2.05, 4.69) is 35.5 Å². The molecule has 3 nitrogen and oxygen atoms in total. The molecule has 0 fully saturated rings. The summed E-state index contributed by atoms with van der Waals surface area (Å²) in [5, 5.41) is 2.96. The van der Waals surface area contributed by atoms with Gasteiger partial charge < -0.3 is 10.2 Å². The number of rotatable bonds is 3. The van der Waals surface area contributed by atoms with Crippen molar-refractivity contribution in [1.29, 1.82) is 0 Å². The molecule has 1 N–H and O–H groups in total. The highest BCUT2D eigenvalue weighted by Gasteiger charge is 2.13. The van der Waals surface area contributed by atoms with E-state index in [4.69, 9.17) is 0 Å². The van der Waals surface area contributed by atoms with Crippen molar-refractivity contribution >= 4 is 23.4 Å². The molecule has 2 aromatic rings. The van der Waals surface area contributed by atoms with Crippen LogP contribution in [0.1, 0.15) is 28.7 Å². The smallest absolute Gasteiger partial charge is 0.248 e. The molecule has 1 aliphatic rings. The molecule has 1 amide bonds. The van der Waals surface area contributed by atoms with Crippen LogP contribution in [0.5, 0.6) is 0 Å².